The number of amides is 1. The fourth-order valence-electron chi connectivity index (χ4n) is 0.927. The predicted octanol–water partition coefficient (Wildman–Crippen LogP) is 0.757. The van der Waals surface area contributed by atoms with Gasteiger partial charge in [0.15, 0.2) is 0 Å². The third-order valence-corrected chi connectivity index (χ3v) is 3.74. The molecule has 0 saturated heterocycles. The molecule has 0 saturated carbocycles. The standard InChI is InChI=1S/C8H8Cl2N2O3S/c9-5-1-2-6(10)7(3-5)16(14,15)12-4-8(11)13/h1-3,12H,4H2,(H2,11,13). The number of primary amides is 1. The lowest BCUT2D eigenvalue weighted by Crippen LogP contribution is -2.33. The molecular weight excluding hydrogens is 275 g/mol. The molecule has 8 heteroatoms. The second kappa shape index (κ2) is 5.01. The Morgan fingerprint density at radius 1 is 1.38 bits per heavy atom. The molecule has 0 aliphatic rings. The van der Waals surface area contributed by atoms with E-state index in [0.717, 1.165) is 0 Å². The van der Waals surface area contributed by atoms with Crippen LogP contribution in [-0.2, 0) is 14.8 Å². The minimum Gasteiger partial charge on any atom is -0.369 e. The van der Waals surface area contributed by atoms with Crippen molar-refractivity contribution in [2.75, 3.05) is 6.54 Å². The van der Waals surface area contributed by atoms with Crippen LogP contribution in [0.4, 0.5) is 0 Å². The van der Waals surface area contributed by atoms with Crippen molar-refractivity contribution in [3.8, 4) is 0 Å². The predicted molar refractivity (Wildman–Crippen MR) is 60.8 cm³/mol. The van der Waals surface area contributed by atoms with Gasteiger partial charge < -0.3 is 5.73 Å². The van der Waals surface area contributed by atoms with Gasteiger partial charge in [-0.1, -0.05) is 23.2 Å². The smallest absolute Gasteiger partial charge is 0.242 e. The Morgan fingerprint density at radius 3 is 2.56 bits per heavy atom. The Kier molecular flexibility index (Phi) is 4.15. The highest BCUT2D eigenvalue weighted by Crippen LogP contribution is 2.24. The Balaban J connectivity index is 3.07. The summed E-state index contributed by atoms with van der Waals surface area (Å²) in [5.74, 6) is -0.790. The molecule has 0 aliphatic heterocycles. The van der Waals surface area contributed by atoms with Crippen molar-refractivity contribution in [2.24, 2.45) is 5.73 Å². The van der Waals surface area contributed by atoms with Gasteiger partial charge in [-0.15, -0.1) is 0 Å². The highest BCUT2D eigenvalue weighted by molar-refractivity contribution is 7.89. The normalized spacial score (nSPS) is 11.4. The van der Waals surface area contributed by atoms with E-state index in [-0.39, 0.29) is 14.9 Å². The quantitative estimate of drug-likeness (QED) is 0.854. The van der Waals surface area contributed by atoms with E-state index < -0.39 is 22.5 Å². The molecule has 1 rings (SSSR count). The lowest BCUT2D eigenvalue weighted by atomic mass is 10.4. The lowest BCUT2D eigenvalue weighted by molar-refractivity contribution is -0.116. The molecule has 1 amide bonds. The molecule has 0 aliphatic carbocycles. The fourth-order valence-corrected chi connectivity index (χ4v) is 2.68. The molecule has 0 bridgehead atoms. The number of halogens is 2. The maximum absolute atomic E-state index is 11.6. The van der Waals surface area contributed by atoms with E-state index in [1.807, 2.05) is 4.72 Å². The number of hydrogen-bond donors (Lipinski definition) is 2. The van der Waals surface area contributed by atoms with Crippen LogP contribution in [0, 0.1) is 0 Å². The number of nitrogens with one attached hydrogen (secondary N) is 1. The minimum absolute atomic E-state index is 0.0152. The van der Waals surface area contributed by atoms with E-state index in [1.54, 1.807) is 0 Å². The summed E-state index contributed by atoms with van der Waals surface area (Å²) in [6.07, 6.45) is 0. The van der Waals surface area contributed by atoms with Crippen LogP contribution in [0.25, 0.3) is 0 Å². The highest BCUT2D eigenvalue weighted by Gasteiger charge is 2.18. The number of rotatable bonds is 4. The first-order chi connectivity index (χ1) is 7.33. The lowest BCUT2D eigenvalue weighted by Gasteiger charge is -2.06. The van der Waals surface area contributed by atoms with Crippen molar-refractivity contribution in [1.82, 2.24) is 4.72 Å². The second-order valence-corrected chi connectivity index (χ2v) is 5.44. The van der Waals surface area contributed by atoms with Gasteiger partial charge in [0.1, 0.15) is 4.90 Å². The van der Waals surface area contributed by atoms with Gasteiger partial charge in [0.05, 0.1) is 11.6 Å². The Bertz CT molecular complexity index is 516. The maximum Gasteiger partial charge on any atom is 0.242 e. The number of hydrogen-bond acceptors (Lipinski definition) is 3. The molecule has 0 heterocycles. The van der Waals surface area contributed by atoms with Crippen LogP contribution < -0.4 is 10.5 Å². The summed E-state index contributed by atoms with van der Waals surface area (Å²) in [4.78, 5) is 10.3. The zero-order chi connectivity index (χ0) is 12.3. The molecule has 3 N–H and O–H groups in total. The van der Waals surface area contributed by atoms with Crippen LogP contribution in [0.15, 0.2) is 23.1 Å². The maximum atomic E-state index is 11.6. The summed E-state index contributed by atoms with van der Waals surface area (Å²) < 4.78 is 25.3. The van der Waals surface area contributed by atoms with Gasteiger partial charge >= 0.3 is 0 Å². The number of carbonyl (C=O) groups excluding carboxylic acids is 1. The van der Waals surface area contributed by atoms with E-state index in [2.05, 4.69) is 0 Å². The molecule has 1 aromatic rings. The summed E-state index contributed by atoms with van der Waals surface area (Å²) >= 11 is 11.3. The summed E-state index contributed by atoms with van der Waals surface area (Å²) in [5, 5.41) is 0.241. The van der Waals surface area contributed by atoms with Crippen LogP contribution in [0.1, 0.15) is 0 Å². The van der Waals surface area contributed by atoms with Gasteiger partial charge in [-0.25, -0.2) is 13.1 Å². The highest BCUT2D eigenvalue weighted by atomic mass is 35.5. The molecule has 0 aromatic heterocycles. The van der Waals surface area contributed by atoms with Crippen molar-refractivity contribution in [2.45, 2.75) is 4.90 Å². The van der Waals surface area contributed by atoms with Gasteiger partial charge in [-0.3, -0.25) is 4.79 Å². The Morgan fingerprint density at radius 2 is 2.00 bits per heavy atom. The summed E-state index contributed by atoms with van der Waals surface area (Å²) in [5.41, 5.74) is 4.82. The molecule has 5 nitrogen and oxygen atoms in total. The summed E-state index contributed by atoms with van der Waals surface area (Å²) in [6.45, 7) is -0.495. The summed E-state index contributed by atoms with van der Waals surface area (Å²) in [7, 11) is -3.88. The first-order valence-electron chi connectivity index (χ1n) is 4.06. The van der Waals surface area contributed by atoms with Crippen LogP contribution in [0.5, 0.6) is 0 Å². The van der Waals surface area contributed by atoms with Crippen molar-refractivity contribution in [3.05, 3.63) is 28.2 Å². The van der Waals surface area contributed by atoms with Gasteiger partial charge in [0.25, 0.3) is 0 Å². The number of benzene rings is 1. The van der Waals surface area contributed by atoms with Crippen LogP contribution in [0.2, 0.25) is 10.0 Å². The molecule has 0 atom stereocenters. The first-order valence-corrected chi connectivity index (χ1v) is 6.30. The van der Waals surface area contributed by atoms with Crippen LogP contribution in [-0.4, -0.2) is 20.9 Å². The third kappa shape index (κ3) is 3.34. The van der Waals surface area contributed by atoms with Gasteiger partial charge in [0, 0.05) is 5.02 Å². The van der Waals surface area contributed by atoms with E-state index in [4.69, 9.17) is 28.9 Å². The molecule has 0 radical (unpaired) electrons. The van der Waals surface area contributed by atoms with E-state index >= 15 is 0 Å². The zero-order valence-corrected chi connectivity index (χ0v) is 10.2. The molecule has 1 aromatic carbocycles. The van der Waals surface area contributed by atoms with E-state index in [0.29, 0.717) is 0 Å². The monoisotopic (exact) mass is 282 g/mol. The van der Waals surface area contributed by atoms with E-state index in [9.17, 15) is 13.2 Å². The molecule has 0 unspecified atom stereocenters. The number of nitrogens with two attached hydrogens (primary N) is 1. The molecule has 88 valence electrons. The first kappa shape index (κ1) is 13.2. The van der Waals surface area contributed by atoms with Gasteiger partial charge in [-0.05, 0) is 18.2 Å². The molecule has 16 heavy (non-hydrogen) atoms. The molecule has 0 spiro atoms. The van der Waals surface area contributed by atoms with Crippen molar-refractivity contribution in [1.29, 1.82) is 0 Å². The number of carbonyl (C=O) groups is 1. The van der Waals surface area contributed by atoms with Crippen LogP contribution in [0.3, 0.4) is 0 Å². The van der Waals surface area contributed by atoms with Gasteiger partial charge in [-0.2, -0.15) is 0 Å². The summed E-state index contributed by atoms with van der Waals surface area (Å²) in [6, 6.07) is 3.99. The van der Waals surface area contributed by atoms with Crippen molar-refractivity contribution < 1.29 is 13.2 Å². The minimum atomic E-state index is -3.88. The zero-order valence-electron chi connectivity index (χ0n) is 7.91. The Hall–Kier alpha value is -0.820. The van der Waals surface area contributed by atoms with E-state index in [1.165, 1.54) is 18.2 Å². The number of sulfonamides is 1. The average molecular weight is 283 g/mol. The SMILES string of the molecule is NC(=O)CNS(=O)(=O)c1cc(Cl)ccc1Cl. The molecule has 0 fully saturated rings. The Labute approximate surface area is 103 Å². The topological polar surface area (TPSA) is 89.3 Å². The van der Waals surface area contributed by atoms with Crippen molar-refractivity contribution in [3.63, 3.8) is 0 Å². The van der Waals surface area contributed by atoms with Gasteiger partial charge in [0.2, 0.25) is 15.9 Å². The fraction of sp³-hybridized carbons (Fsp3) is 0.125. The largest absolute Gasteiger partial charge is 0.369 e. The molecular formula is C8H8Cl2N2O3S. The van der Waals surface area contributed by atoms with Crippen molar-refractivity contribution >= 4 is 39.1 Å². The average Bonchev–Trinajstić information content (AvgIpc) is 2.19. The second-order valence-electron chi connectivity index (χ2n) is 2.87. The third-order valence-electron chi connectivity index (χ3n) is 1.62. The van der Waals surface area contributed by atoms with Crippen LogP contribution >= 0.6 is 23.2 Å².